The van der Waals surface area contributed by atoms with Crippen molar-refractivity contribution < 1.29 is 0 Å². The summed E-state index contributed by atoms with van der Waals surface area (Å²) in [6.45, 7) is 4.10. The normalized spacial score (nSPS) is 17.8. The van der Waals surface area contributed by atoms with Crippen molar-refractivity contribution in [2.45, 2.75) is 12.8 Å². The second kappa shape index (κ2) is 3.60. The Morgan fingerprint density at radius 2 is 2.08 bits per heavy atom. The minimum atomic E-state index is 0.406. The molecule has 68 valence electrons. The fourth-order valence-corrected chi connectivity index (χ4v) is 1.61. The van der Waals surface area contributed by atoms with E-state index in [2.05, 4.69) is 41.5 Å². The number of hydrogen-bond donors (Lipinski definition) is 1. The zero-order chi connectivity index (χ0) is 9.10. The van der Waals surface area contributed by atoms with Crippen LogP contribution in [-0.2, 0) is 0 Å². The third-order valence-electron chi connectivity index (χ3n) is 2.41. The first-order valence-electron chi connectivity index (χ1n) is 4.71. The molecule has 1 unspecified atom stereocenters. The van der Waals surface area contributed by atoms with Gasteiger partial charge in [-0.05, 0) is 5.56 Å². The number of hydrogen-bond acceptors (Lipinski definition) is 2. The predicted molar refractivity (Wildman–Crippen MR) is 55.2 cm³/mol. The molecular weight excluding hydrogens is 160 g/mol. The van der Waals surface area contributed by atoms with Crippen molar-refractivity contribution in [3.63, 3.8) is 0 Å². The van der Waals surface area contributed by atoms with Gasteiger partial charge >= 0.3 is 0 Å². The third-order valence-corrected chi connectivity index (χ3v) is 2.41. The Hall–Kier alpha value is -1.31. The van der Waals surface area contributed by atoms with Crippen LogP contribution in [0, 0.1) is 0 Å². The average Bonchev–Trinajstić information content (AvgIpc) is 2.71. The Kier molecular flexibility index (Phi) is 2.30. The first-order chi connectivity index (χ1) is 6.38. The highest BCUT2D eigenvalue weighted by Gasteiger charge is 2.14. The molecule has 0 radical (unpaired) electrons. The highest BCUT2D eigenvalue weighted by molar-refractivity contribution is 5.89. The Balaban J connectivity index is 2.17. The van der Waals surface area contributed by atoms with Crippen LogP contribution in [0.2, 0.25) is 0 Å². The minimum absolute atomic E-state index is 0.406. The molecule has 0 amide bonds. The van der Waals surface area contributed by atoms with Crippen LogP contribution in [0.15, 0.2) is 35.3 Å². The molecule has 1 heterocycles. The van der Waals surface area contributed by atoms with E-state index >= 15 is 0 Å². The van der Waals surface area contributed by atoms with Gasteiger partial charge in [-0.25, -0.2) is 0 Å². The summed E-state index contributed by atoms with van der Waals surface area (Å²) < 4.78 is 0. The Bertz CT molecular complexity index is 303. The van der Waals surface area contributed by atoms with Crippen molar-refractivity contribution in [3.05, 3.63) is 35.9 Å². The van der Waals surface area contributed by atoms with Crippen molar-refractivity contribution in [3.8, 4) is 0 Å². The fraction of sp³-hybridized carbons (Fsp3) is 0.364. The molecule has 1 aliphatic rings. The van der Waals surface area contributed by atoms with Crippen LogP contribution in [-0.4, -0.2) is 18.9 Å². The molecular formula is C11H14N2. The molecule has 0 saturated carbocycles. The van der Waals surface area contributed by atoms with E-state index in [-0.39, 0.29) is 0 Å². The molecule has 1 aromatic carbocycles. The summed E-state index contributed by atoms with van der Waals surface area (Å²) in [5.41, 5.74) is 1.33. The summed E-state index contributed by atoms with van der Waals surface area (Å²) in [4.78, 5) is 4.42. The summed E-state index contributed by atoms with van der Waals surface area (Å²) in [7, 11) is 0. The topological polar surface area (TPSA) is 24.4 Å². The zero-order valence-electron chi connectivity index (χ0n) is 7.83. The summed E-state index contributed by atoms with van der Waals surface area (Å²) in [6, 6.07) is 10.5. The number of aliphatic imine (C=N–C) groups is 1. The predicted octanol–water partition coefficient (Wildman–Crippen LogP) is 1.79. The second-order valence-corrected chi connectivity index (χ2v) is 3.33. The van der Waals surface area contributed by atoms with Crippen molar-refractivity contribution >= 4 is 5.84 Å². The molecule has 1 aromatic rings. The molecule has 1 aliphatic heterocycles. The lowest BCUT2D eigenvalue weighted by Gasteiger charge is -2.11. The van der Waals surface area contributed by atoms with Gasteiger partial charge in [-0.15, -0.1) is 0 Å². The van der Waals surface area contributed by atoms with E-state index in [0.29, 0.717) is 5.92 Å². The van der Waals surface area contributed by atoms with Gasteiger partial charge in [0.05, 0.1) is 6.54 Å². The first-order valence-corrected chi connectivity index (χ1v) is 4.71. The summed E-state index contributed by atoms with van der Waals surface area (Å²) in [5.74, 6) is 1.54. The molecule has 13 heavy (non-hydrogen) atoms. The maximum Gasteiger partial charge on any atom is 0.104 e. The van der Waals surface area contributed by atoms with Gasteiger partial charge in [0.1, 0.15) is 5.84 Å². The molecule has 0 spiro atoms. The van der Waals surface area contributed by atoms with Gasteiger partial charge in [0.15, 0.2) is 0 Å². The second-order valence-electron chi connectivity index (χ2n) is 3.33. The van der Waals surface area contributed by atoms with Crippen LogP contribution < -0.4 is 5.32 Å². The summed E-state index contributed by atoms with van der Waals surface area (Å²) >= 11 is 0. The molecule has 1 N–H and O–H groups in total. The highest BCUT2D eigenvalue weighted by Crippen LogP contribution is 2.16. The van der Waals surface area contributed by atoms with Crippen LogP contribution >= 0.6 is 0 Å². The van der Waals surface area contributed by atoms with Crippen molar-refractivity contribution in [2.24, 2.45) is 4.99 Å². The van der Waals surface area contributed by atoms with Gasteiger partial charge in [-0.3, -0.25) is 4.99 Å². The van der Waals surface area contributed by atoms with Gasteiger partial charge < -0.3 is 5.32 Å². The maximum atomic E-state index is 4.42. The van der Waals surface area contributed by atoms with Crippen molar-refractivity contribution in [1.82, 2.24) is 5.32 Å². The van der Waals surface area contributed by atoms with Crippen LogP contribution in [0.3, 0.4) is 0 Å². The van der Waals surface area contributed by atoms with Gasteiger partial charge in [-0.1, -0.05) is 37.3 Å². The Morgan fingerprint density at radius 3 is 2.69 bits per heavy atom. The van der Waals surface area contributed by atoms with Gasteiger partial charge in [-0.2, -0.15) is 0 Å². The number of nitrogens with one attached hydrogen (secondary N) is 1. The maximum absolute atomic E-state index is 4.42. The van der Waals surface area contributed by atoms with Crippen LogP contribution in [0.25, 0.3) is 0 Å². The van der Waals surface area contributed by atoms with Crippen LogP contribution in [0.5, 0.6) is 0 Å². The van der Waals surface area contributed by atoms with Gasteiger partial charge in [0.25, 0.3) is 0 Å². The highest BCUT2D eigenvalue weighted by atomic mass is 15.1. The molecule has 0 saturated heterocycles. The summed E-state index contributed by atoms with van der Waals surface area (Å²) in [5, 5.41) is 3.30. The smallest absolute Gasteiger partial charge is 0.104 e. The van der Waals surface area contributed by atoms with E-state index in [4.69, 9.17) is 0 Å². The number of nitrogens with zero attached hydrogens (tertiary/aromatic N) is 1. The molecule has 2 rings (SSSR count). The molecule has 0 fully saturated rings. The fourth-order valence-electron chi connectivity index (χ4n) is 1.61. The van der Waals surface area contributed by atoms with E-state index in [9.17, 15) is 0 Å². The SMILES string of the molecule is CC(C1=NCCN1)c1ccccc1. The van der Waals surface area contributed by atoms with E-state index in [0.717, 1.165) is 18.9 Å². The Labute approximate surface area is 78.7 Å². The molecule has 2 nitrogen and oxygen atoms in total. The lowest BCUT2D eigenvalue weighted by atomic mass is 10.0. The third kappa shape index (κ3) is 1.72. The van der Waals surface area contributed by atoms with E-state index in [1.165, 1.54) is 5.56 Å². The molecule has 0 bridgehead atoms. The number of rotatable bonds is 2. The van der Waals surface area contributed by atoms with Gasteiger partial charge in [0.2, 0.25) is 0 Å². The lowest BCUT2D eigenvalue weighted by molar-refractivity contribution is 0.919. The minimum Gasteiger partial charge on any atom is -0.371 e. The zero-order valence-corrected chi connectivity index (χ0v) is 7.83. The van der Waals surface area contributed by atoms with Crippen LogP contribution in [0.1, 0.15) is 18.4 Å². The van der Waals surface area contributed by atoms with Crippen molar-refractivity contribution in [1.29, 1.82) is 0 Å². The summed E-state index contributed by atoms with van der Waals surface area (Å²) in [6.07, 6.45) is 0. The van der Waals surface area contributed by atoms with E-state index < -0.39 is 0 Å². The largest absolute Gasteiger partial charge is 0.371 e. The number of amidine groups is 1. The molecule has 0 aliphatic carbocycles. The molecule has 2 heteroatoms. The monoisotopic (exact) mass is 174 g/mol. The van der Waals surface area contributed by atoms with Crippen LogP contribution in [0.4, 0.5) is 0 Å². The lowest BCUT2D eigenvalue weighted by Crippen LogP contribution is -2.23. The Morgan fingerprint density at radius 1 is 1.31 bits per heavy atom. The standard InChI is InChI=1S/C11H14N2/c1-9(11-12-7-8-13-11)10-5-3-2-4-6-10/h2-6,9H,7-8H2,1H3,(H,12,13). The first kappa shape index (κ1) is 8.30. The average molecular weight is 174 g/mol. The van der Waals surface area contributed by atoms with Crippen molar-refractivity contribution in [2.75, 3.05) is 13.1 Å². The van der Waals surface area contributed by atoms with Gasteiger partial charge in [0, 0.05) is 12.5 Å². The molecule has 0 aromatic heterocycles. The van der Waals surface area contributed by atoms with E-state index in [1.807, 2.05) is 6.07 Å². The quantitative estimate of drug-likeness (QED) is 0.726. The molecule has 1 atom stereocenters. The number of benzene rings is 1. The van der Waals surface area contributed by atoms with E-state index in [1.54, 1.807) is 0 Å².